The van der Waals surface area contributed by atoms with Crippen LogP contribution in [0, 0.1) is 0 Å². The first-order valence-corrected chi connectivity index (χ1v) is 6.85. The summed E-state index contributed by atoms with van der Waals surface area (Å²) in [5, 5.41) is 15.2. The van der Waals surface area contributed by atoms with E-state index in [2.05, 4.69) is 38.1 Å². The van der Waals surface area contributed by atoms with E-state index in [0.717, 1.165) is 11.5 Å². The average Bonchev–Trinajstić information content (AvgIpc) is 3.00. The number of anilines is 1. The predicted octanol–water partition coefficient (Wildman–Crippen LogP) is 1.45. The molecule has 0 bridgehead atoms. The molecular weight excluding hydrogens is 268 g/mol. The highest BCUT2D eigenvalue weighted by Gasteiger charge is 2.04. The van der Waals surface area contributed by atoms with Crippen molar-refractivity contribution in [3.63, 3.8) is 0 Å². The molecule has 2 aromatic rings. The fraction of sp³-hybridized carbons (Fsp3) is 0.357. The molecule has 0 aliphatic rings. The van der Waals surface area contributed by atoms with E-state index in [4.69, 9.17) is 0 Å². The number of amides is 2. The van der Waals surface area contributed by atoms with Gasteiger partial charge < -0.3 is 16.0 Å². The van der Waals surface area contributed by atoms with Crippen LogP contribution in [0.2, 0.25) is 0 Å². The summed E-state index contributed by atoms with van der Waals surface area (Å²) in [7, 11) is 1.92. The van der Waals surface area contributed by atoms with Crippen molar-refractivity contribution in [1.29, 1.82) is 0 Å². The van der Waals surface area contributed by atoms with Gasteiger partial charge in [0.1, 0.15) is 12.2 Å². The van der Waals surface area contributed by atoms with Crippen molar-refractivity contribution in [3.8, 4) is 0 Å². The molecule has 2 amide bonds. The number of urea groups is 1. The largest absolute Gasteiger partial charge is 0.337 e. The summed E-state index contributed by atoms with van der Waals surface area (Å²) in [6.45, 7) is 2.58. The Morgan fingerprint density at radius 3 is 2.71 bits per heavy atom. The van der Waals surface area contributed by atoms with Crippen LogP contribution in [0.4, 0.5) is 10.5 Å². The maximum Gasteiger partial charge on any atom is 0.319 e. The molecular formula is C14H20N6O. The van der Waals surface area contributed by atoms with Crippen LogP contribution in [0.15, 0.2) is 30.6 Å². The highest BCUT2D eigenvalue weighted by Crippen LogP contribution is 2.15. The maximum atomic E-state index is 11.7. The lowest BCUT2D eigenvalue weighted by atomic mass is 10.1. The van der Waals surface area contributed by atoms with Gasteiger partial charge >= 0.3 is 6.03 Å². The third-order valence-electron chi connectivity index (χ3n) is 3.21. The minimum atomic E-state index is -0.232. The van der Waals surface area contributed by atoms with Gasteiger partial charge in [-0.05, 0) is 31.7 Å². The van der Waals surface area contributed by atoms with Crippen LogP contribution in [0.25, 0.3) is 0 Å². The second-order valence-electron chi connectivity index (χ2n) is 4.70. The van der Waals surface area contributed by atoms with Crippen molar-refractivity contribution in [2.45, 2.75) is 19.4 Å². The second-order valence-corrected chi connectivity index (χ2v) is 4.70. The molecule has 1 heterocycles. The number of nitrogens with one attached hydrogen (secondary N) is 4. The van der Waals surface area contributed by atoms with Crippen LogP contribution in [-0.2, 0) is 6.42 Å². The van der Waals surface area contributed by atoms with Crippen molar-refractivity contribution in [2.75, 3.05) is 18.9 Å². The Hall–Kier alpha value is -2.41. The van der Waals surface area contributed by atoms with Crippen LogP contribution in [-0.4, -0.2) is 34.8 Å². The van der Waals surface area contributed by atoms with Crippen molar-refractivity contribution < 1.29 is 4.79 Å². The molecule has 1 aromatic heterocycles. The standard InChI is InChI=1S/C14H20N6O/c1-10(15-2)11-3-5-12(6-4-11)19-14(21)16-8-7-13-17-9-18-20-13/h3-6,9-10,15H,7-8H2,1-2H3,(H2,16,19,21)(H,17,18,20). The van der Waals surface area contributed by atoms with Crippen LogP contribution in [0.1, 0.15) is 24.4 Å². The van der Waals surface area contributed by atoms with Gasteiger partial charge in [-0.25, -0.2) is 9.78 Å². The minimum Gasteiger partial charge on any atom is -0.337 e. The molecule has 1 unspecified atom stereocenters. The molecule has 0 aliphatic carbocycles. The third kappa shape index (κ3) is 4.57. The minimum absolute atomic E-state index is 0.232. The van der Waals surface area contributed by atoms with Crippen LogP contribution >= 0.6 is 0 Å². The van der Waals surface area contributed by atoms with Gasteiger partial charge in [-0.1, -0.05) is 12.1 Å². The van der Waals surface area contributed by atoms with Gasteiger partial charge in [-0.15, -0.1) is 0 Å². The van der Waals surface area contributed by atoms with Gasteiger partial charge in [0.05, 0.1) is 0 Å². The Morgan fingerprint density at radius 2 is 2.10 bits per heavy atom. The molecule has 7 heteroatoms. The van der Waals surface area contributed by atoms with E-state index in [1.165, 1.54) is 11.9 Å². The molecule has 0 fully saturated rings. The number of rotatable bonds is 6. The van der Waals surface area contributed by atoms with E-state index in [9.17, 15) is 4.79 Å². The zero-order valence-corrected chi connectivity index (χ0v) is 12.2. The molecule has 0 radical (unpaired) electrons. The number of carbonyl (C=O) groups is 1. The predicted molar refractivity (Wildman–Crippen MR) is 81.0 cm³/mol. The molecule has 0 saturated heterocycles. The number of nitrogens with zero attached hydrogens (tertiary/aromatic N) is 2. The molecule has 4 N–H and O–H groups in total. The van der Waals surface area contributed by atoms with Gasteiger partial charge in [0, 0.05) is 24.7 Å². The number of hydrogen-bond acceptors (Lipinski definition) is 4. The quantitative estimate of drug-likeness (QED) is 0.647. The van der Waals surface area contributed by atoms with Gasteiger partial charge in [0.25, 0.3) is 0 Å². The number of aromatic nitrogens is 3. The van der Waals surface area contributed by atoms with E-state index < -0.39 is 0 Å². The Balaban J connectivity index is 1.77. The third-order valence-corrected chi connectivity index (χ3v) is 3.21. The summed E-state index contributed by atoms with van der Waals surface area (Å²) in [5.74, 6) is 0.751. The molecule has 2 rings (SSSR count). The lowest BCUT2D eigenvalue weighted by molar-refractivity contribution is 0.252. The zero-order valence-electron chi connectivity index (χ0n) is 12.2. The Labute approximate surface area is 123 Å². The highest BCUT2D eigenvalue weighted by atomic mass is 16.2. The SMILES string of the molecule is CNC(C)c1ccc(NC(=O)NCCc2ncn[nH]2)cc1. The monoisotopic (exact) mass is 288 g/mol. The van der Waals surface area contributed by atoms with Gasteiger partial charge in [0.15, 0.2) is 0 Å². The maximum absolute atomic E-state index is 11.7. The first-order chi connectivity index (χ1) is 10.2. The average molecular weight is 288 g/mol. The Morgan fingerprint density at radius 1 is 1.33 bits per heavy atom. The fourth-order valence-electron chi connectivity index (χ4n) is 1.84. The molecule has 7 nitrogen and oxygen atoms in total. The molecule has 0 spiro atoms. The summed E-state index contributed by atoms with van der Waals surface area (Å²) in [5.41, 5.74) is 1.94. The number of H-pyrrole nitrogens is 1. The summed E-state index contributed by atoms with van der Waals surface area (Å²) in [6, 6.07) is 7.81. The summed E-state index contributed by atoms with van der Waals surface area (Å²) < 4.78 is 0. The summed E-state index contributed by atoms with van der Waals surface area (Å²) in [4.78, 5) is 15.7. The number of aromatic amines is 1. The number of carbonyl (C=O) groups excluding carboxylic acids is 1. The Kier molecular flexibility index (Phi) is 5.28. The first kappa shape index (κ1) is 15.0. The van der Waals surface area contributed by atoms with E-state index in [-0.39, 0.29) is 12.1 Å². The molecule has 0 saturated carbocycles. The molecule has 21 heavy (non-hydrogen) atoms. The van der Waals surface area contributed by atoms with Crippen LogP contribution in [0.5, 0.6) is 0 Å². The van der Waals surface area contributed by atoms with E-state index in [0.29, 0.717) is 13.0 Å². The van der Waals surface area contributed by atoms with Crippen molar-refractivity contribution in [1.82, 2.24) is 25.8 Å². The normalized spacial score (nSPS) is 11.9. The topological polar surface area (TPSA) is 94.7 Å². The summed E-state index contributed by atoms with van der Waals surface area (Å²) in [6.07, 6.45) is 2.06. The van der Waals surface area contributed by atoms with E-state index in [1.54, 1.807) is 0 Å². The van der Waals surface area contributed by atoms with E-state index in [1.807, 2.05) is 31.3 Å². The second kappa shape index (κ2) is 7.39. The Bertz CT molecular complexity index is 551. The lowest BCUT2D eigenvalue weighted by Crippen LogP contribution is -2.30. The number of benzene rings is 1. The lowest BCUT2D eigenvalue weighted by Gasteiger charge is -2.12. The fourth-order valence-corrected chi connectivity index (χ4v) is 1.84. The molecule has 1 aromatic carbocycles. The molecule has 0 aliphatic heterocycles. The van der Waals surface area contributed by atoms with Crippen LogP contribution < -0.4 is 16.0 Å². The highest BCUT2D eigenvalue weighted by molar-refractivity contribution is 5.89. The number of hydrogen-bond donors (Lipinski definition) is 4. The molecule has 1 atom stereocenters. The van der Waals surface area contributed by atoms with Gasteiger partial charge in [0.2, 0.25) is 0 Å². The van der Waals surface area contributed by atoms with E-state index >= 15 is 0 Å². The van der Waals surface area contributed by atoms with Crippen LogP contribution in [0.3, 0.4) is 0 Å². The molecule has 112 valence electrons. The van der Waals surface area contributed by atoms with Gasteiger partial charge in [-0.2, -0.15) is 5.10 Å². The smallest absolute Gasteiger partial charge is 0.319 e. The van der Waals surface area contributed by atoms with Gasteiger partial charge in [-0.3, -0.25) is 5.10 Å². The van der Waals surface area contributed by atoms with Crippen molar-refractivity contribution >= 4 is 11.7 Å². The summed E-state index contributed by atoms with van der Waals surface area (Å²) >= 11 is 0. The first-order valence-electron chi connectivity index (χ1n) is 6.85. The zero-order chi connectivity index (χ0) is 15.1. The van der Waals surface area contributed by atoms with Crippen molar-refractivity contribution in [3.05, 3.63) is 42.0 Å². The van der Waals surface area contributed by atoms with Crippen molar-refractivity contribution in [2.24, 2.45) is 0 Å².